The fourth-order valence-corrected chi connectivity index (χ4v) is 2.56. The Hall–Kier alpha value is -3.58. The topological polar surface area (TPSA) is 86.7 Å². The van der Waals surface area contributed by atoms with E-state index in [-0.39, 0.29) is 12.2 Å². The first kappa shape index (κ1) is 16.9. The van der Waals surface area contributed by atoms with E-state index in [0.29, 0.717) is 11.6 Å². The maximum absolute atomic E-state index is 13.5. The van der Waals surface area contributed by atoms with Gasteiger partial charge in [0.25, 0.3) is 0 Å². The summed E-state index contributed by atoms with van der Waals surface area (Å²) in [5.41, 5.74) is 2.23. The first-order valence-corrected chi connectivity index (χ1v) is 8.32. The molecule has 0 amide bonds. The molecular formula is C20H16FN5O. The molecule has 5 rings (SSSR count). The summed E-state index contributed by atoms with van der Waals surface area (Å²) >= 11 is 0. The lowest BCUT2D eigenvalue weighted by atomic mass is 10.1. The molecule has 1 aromatic carbocycles. The quantitative estimate of drug-likeness (QED) is 0.456. The van der Waals surface area contributed by atoms with Gasteiger partial charge in [-0.15, -0.1) is 0 Å². The molecule has 7 heteroatoms. The monoisotopic (exact) mass is 361 g/mol. The van der Waals surface area contributed by atoms with Crippen LogP contribution in [-0.4, -0.2) is 25.3 Å². The van der Waals surface area contributed by atoms with Gasteiger partial charge in [-0.2, -0.15) is 9.49 Å². The minimum Gasteiger partial charge on any atom is -0.392 e. The molecule has 0 radical (unpaired) electrons. The number of aromatic amines is 1. The van der Waals surface area contributed by atoms with Crippen LogP contribution in [0.1, 0.15) is 5.56 Å². The van der Waals surface area contributed by atoms with Crippen molar-refractivity contribution in [2.45, 2.75) is 6.61 Å². The molecule has 0 fully saturated rings. The van der Waals surface area contributed by atoms with E-state index in [2.05, 4.69) is 49.7 Å². The van der Waals surface area contributed by atoms with Crippen LogP contribution in [0, 0.1) is 16.4 Å². The van der Waals surface area contributed by atoms with E-state index in [1.807, 2.05) is 18.2 Å². The highest BCUT2D eigenvalue weighted by Crippen LogP contribution is 2.21. The maximum Gasteiger partial charge on any atom is 0.227 e. The molecule has 2 aliphatic carbocycles. The van der Waals surface area contributed by atoms with E-state index < -0.39 is 5.95 Å². The second-order valence-electron chi connectivity index (χ2n) is 5.92. The Kier molecular flexibility index (Phi) is 4.59. The summed E-state index contributed by atoms with van der Waals surface area (Å²) < 4.78 is 13.5. The van der Waals surface area contributed by atoms with Crippen LogP contribution in [-0.2, 0) is 6.61 Å². The molecule has 0 aliphatic heterocycles. The summed E-state index contributed by atoms with van der Waals surface area (Å²) in [7, 11) is 0. The predicted molar refractivity (Wildman–Crippen MR) is 99.3 cm³/mol. The Morgan fingerprint density at radius 3 is 2.41 bits per heavy atom. The minimum atomic E-state index is -0.540. The highest BCUT2D eigenvalue weighted by Gasteiger charge is 2.09. The van der Waals surface area contributed by atoms with Crippen molar-refractivity contribution in [3.63, 3.8) is 0 Å². The van der Waals surface area contributed by atoms with E-state index >= 15 is 0 Å². The number of aromatic nitrogens is 4. The minimum absolute atomic E-state index is 0.0450. The summed E-state index contributed by atoms with van der Waals surface area (Å²) in [6, 6.07) is 17.3. The van der Waals surface area contributed by atoms with Crippen molar-refractivity contribution >= 4 is 11.6 Å². The van der Waals surface area contributed by atoms with E-state index in [4.69, 9.17) is 5.11 Å². The zero-order valence-corrected chi connectivity index (χ0v) is 14.2. The molecule has 134 valence electrons. The first-order chi connectivity index (χ1) is 13.2. The molecule has 0 spiro atoms. The van der Waals surface area contributed by atoms with Crippen molar-refractivity contribution in [3.05, 3.63) is 88.9 Å². The number of anilines is 2. The number of hydrogen-bond acceptors (Lipinski definition) is 5. The van der Waals surface area contributed by atoms with Crippen LogP contribution in [0.5, 0.6) is 0 Å². The largest absolute Gasteiger partial charge is 0.392 e. The molecule has 0 bridgehead atoms. The second-order valence-corrected chi connectivity index (χ2v) is 5.92. The van der Waals surface area contributed by atoms with Crippen LogP contribution in [0.4, 0.5) is 16.0 Å². The van der Waals surface area contributed by atoms with Crippen molar-refractivity contribution in [1.82, 2.24) is 20.2 Å². The number of hydrogen-bond donors (Lipinski definition) is 3. The fraction of sp³-hybridized carbons (Fsp3) is 0.0500. The van der Waals surface area contributed by atoms with Crippen LogP contribution in [0.25, 0.3) is 11.3 Å². The van der Waals surface area contributed by atoms with Gasteiger partial charge in [0.15, 0.2) is 0 Å². The number of aliphatic hydroxyl groups is 1. The SMILES string of the molecule is OCc1cccc(Nc2nccc(-c3cn[nH]c3F)n2)c1.c1cc2ccc1=2. The number of aliphatic hydroxyl groups excluding tert-OH is 1. The third kappa shape index (κ3) is 3.68. The van der Waals surface area contributed by atoms with Gasteiger partial charge in [0, 0.05) is 11.9 Å². The maximum atomic E-state index is 13.5. The summed E-state index contributed by atoms with van der Waals surface area (Å²) in [4.78, 5) is 8.33. The van der Waals surface area contributed by atoms with E-state index in [9.17, 15) is 4.39 Å². The van der Waals surface area contributed by atoms with Crippen LogP contribution in [0.3, 0.4) is 0 Å². The normalized spacial score (nSPS) is 10.7. The van der Waals surface area contributed by atoms with Crippen LogP contribution < -0.4 is 5.32 Å². The molecule has 3 N–H and O–H groups in total. The van der Waals surface area contributed by atoms with Gasteiger partial charge in [0.1, 0.15) is 0 Å². The molecule has 2 aliphatic rings. The average molecular weight is 361 g/mol. The molecular weight excluding hydrogens is 345 g/mol. The van der Waals surface area contributed by atoms with Gasteiger partial charge < -0.3 is 10.4 Å². The molecule has 2 heterocycles. The van der Waals surface area contributed by atoms with Gasteiger partial charge in [0.05, 0.1) is 24.1 Å². The number of rotatable bonds is 4. The van der Waals surface area contributed by atoms with E-state index in [1.165, 1.54) is 22.8 Å². The van der Waals surface area contributed by atoms with E-state index in [0.717, 1.165) is 11.3 Å². The van der Waals surface area contributed by atoms with E-state index in [1.54, 1.807) is 12.1 Å². The third-order valence-electron chi connectivity index (χ3n) is 4.11. The van der Waals surface area contributed by atoms with Gasteiger partial charge in [-0.3, -0.25) is 5.10 Å². The predicted octanol–water partition coefficient (Wildman–Crippen LogP) is 3.53. The van der Waals surface area contributed by atoms with Gasteiger partial charge in [-0.05, 0) is 34.2 Å². The van der Waals surface area contributed by atoms with Crippen molar-refractivity contribution in [2.24, 2.45) is 0 Å². The number of nitrogens with one attached hydrogen (secondary N) is 2. The summed E-state index contributed by atoms with van der Waals surface area (Å²) in [6.07, 6.45) is 2.90. The molecule has 27 heavy (non-hydrogen) atoms. The Balaban J connectivity index is 0.000000250. The number of benzene rings is 2. The smallest absolute Gasteiger partial charge is 0.227 e. The van der Waals surface area contributed by atoms with Crippen LogP contribution >= 0.6 is 0 Å². The molecule has 0 unspecified atom stereocenters. The molecule has 6 nitrogen and oxygen atoms in total. The fourth-order valence-electron chi connectivity index (χ4n) is 2.56. The number of H-pyrrole nitrogens is 1. The van der Waals surface area contributed by atoms with Gasteiger partial charge in [0.2, 0.25) is 11.9 Å². The van der Waals surface area contributed by atoms with Crippen molar-refractivity contribution in [3.8, 4) is 11.3 Å². The lowest BCUT2D eigenvalue weighted by molar-refractivity contribution is 0.282. The third-order valence-corrected chi connectivity index (χ3v) is 4.11. The highest BCUT2D eigenvalue weighted by molar-refractivity contribution is 5.61. The molecule has 3 aromatic rings. The van der Waals surface area contributed by atoms with Crippen LogP contribution in [0.2, 0.25) is 0 Å². The van der Waals surface area contributed by atoms with Gasteiger partial charge in [-0.1, -0.05) is 36.4 Å². The summed E-state index contributed by atoms with van der Waals surface area (Å²) in [5, 5.41) is 20.8. The lowest BCUT2D eigenvalue weighted by Crippen LogP contribution is -1.98. The Morgan fingerprint density at radius 1 is 1.04 bits per heavy atom. The summed E-state index contributed by atoms with van der Waals surface area (Å²) in [6.45, 7) is -0.0450. The Labute approximate surface area is 154 Å². The van der Waals surface area contributed by atoms with Gasteiger partial charge in [-0.25, -0.2) is 9.97 Å². The zero-order chi connectivity index (χ0) is 18.6. The van der Waals surface area contributed by atoms with Crippen LogP contribution in [0.15, 0.2) is 67.0 Å². The number of nitrogens with zero attached hydrogens (tertiary/aromatic N) is 3. The Morgan fingerprint density at radius 2 is 1.81 bits per heavy atom. The molecule has 0 saturated heterocycles. The van der Waals surface area contributed by atoms with Crippen molar-refractivity contribution < 1.29 is 9.50 Å². The standard InChI is InChI=1S/C14H12FN5O.C6H4/c15-13-11(7-17-20-13)12-4-5-16-14(19-12)18-10-3-1-2-9(6-10)8-21;1-2-6-4-3-5(1)6/h1-7,21H,8H2,(H,17,20)(H,16,18,19);1-4H. The average Bonchev–Trinajstić information content (AvgIpc) is 3.11. The highest BCUT2D eigenvalue weighted by atomic mass is 19.1. The Bertz CT molecular complexity index is 1120. The first-order valence-electron chi connectivity index (χ1n) is 8.32. The van der Waals surface area contributed by atoms with Gasteiger partial charge >= 0.3 is 0 Å². The van der Waals surface area contributed by atoms with Crippen molar-refractivity contribution in [1.29, 1.82) is 0 Å². The molecule has 2 aromatic heterocycles. The zero-order valence-electron chi connectivity index (χ0n) is 14.2. The molecule has 0 saturated carbocycles. The number of halogens is 1. The summed E-state index contributed by atoms with van der Waals surface area (Å²) in [5.74, 6) is -0.204. The van der Waals surface area contributed by atoms with Crippen molar-refractivity contribution in [2.75, 3.05) is 5.32 Å². The second kappa shape index (κ2) is 7.35. The molecule has 0 atom stereocenters. The lowest BCUT2D eigenvalue weighted by Gasteiger charge is -2.07.